The second-order valence-electron chi connectivity index (χ2n) is 4.55. The molecule has 16 heavy (non-hydrogen) atoms. The topological polar surface area (TPSA) is 46.3 Å². The number of anilines is 1. The number of thiophene rings is 1. The summed E-state index contributed by atoms with van der Waals surface area (Å²) in [4.78, 5) is 15.0. The monoisotopic (exact) mass is 238 g/mol. The van der Waals surface area contributed by atoms with Crippen LogP contribution in [0.1, 0.15) is 42.8 Å². The van der Waals surface area contributed by atoms with Gasteiger partial charge in [-0.25, -0.2) is 0 Å². The highest BCUT2D eigenvalue weighted by molar-refractivity contribution is 7.12. The molecular weight excluding hydrogens is 220 g/mol. The molecule has 0 radical (unpaired) electrons. The molecule has 0 spiro atoms. The molecule has 1 aromatic rings. The predicted molar refractivity (Wildman–Crippen MR) is 67.7 cm³/mol. The van der Waals surface area contributed by atoms with Gasteiger partial charge in [0.25, 0.3) is 5.91 Å². The fourth-order valence-corrected chi connectivity index (χ4v) is 3.19. The molecular formula is C12H18N2OS. The Morgan fingerprint density at radius 1 is 1.44 bits per heavy atom. The van der Waals surface area contributed by atoms with Crippen LogP contribution >= 0.6 is 11.3 Å². The van der Waals surface area contributed by atoms with Crippen LogP contribution in [0.4, 0.5) is 5.69 Å². The quantitative estimate of drug-likeness (QED) is 0.817. The predicted octanol–water partition coefficient (Wildman–Crippen LogP) is 2.73. The van der Waals surface area contributed by atoms with Crippen LogP contribution in [0.3, 0.4) is 0 Å². The van der Waals surface area contributed by atoms with Crippen molar-refractivity contribution in [1.29, 1.82) is 0 Å². The minimum absolute atomic E-state index is 0.104. The van der Waals surface area contributed by atoms with Crippen molar-refractivity contribution in [2.75, 3.05) is 5.73 Å². The molecule has 1 aromatic heterocycles. The number of piperidine rings is 1. The van der Waals surface area contributed by atoms with Crippen molar-refractivity contribution in [3.63, 3.8) is 0 Å². The molecule has 0 aromatic carbocycles. The lowest BCUT2D eigenvalue weighted by Crippen LogP contribution is -2.47. The van der Waals surface area contributed by atoms with Gasteiger partial charge in [0.1, 0.15) is 4.88 Å². The van der Waals surface area contributed by atoms with Gasteiger partial charge < -0.3 is 10.6 Å². The third-order valence-corrected chi connectivity index (χ3v) is 4.24. The molecule has 3 nitrogen and oxygen atoms in total. The number of hydrogen-bond donors (Lipinski definition) is 1. The van der Waals surface area contributed by atoms with E-state index in [9.17, 15) is 4.79 Å². The van der Waals surface area contributed by atoms with E-state index in [2.05, 4.69) is 13.8 Å². The number of likely N-dealkylation sites (tertiary alicyclic amines) is 1. The molecule has 1 aliphatic rings. The zero-order chi connectivity index (χ0) is 11.7. The first-order valence-electron chi connectivity index (χ1n) is 5.77. The molecule has 0 bridgehead atoms. The van der Waals surface area contributed by atoms with E-state index in [1.54, 1.807) is 6.07 Å². The van der Waals surface area contributed by atoms with Crippen LogP contribution in [-0.2, 0) is 0 Å². The molecule has 2 atom stereocenters. The third kappa shape index (κ3) is 1.94. The highest BCUT2D eigenvalue weighted by atomic mass is 32.1. The highest BCUT2D eigenvalue weighted by Gasteiger charge is 2.30. The summed E-state index contributed by atoms with van der Waals surface area (Å²) in [6.07, 6.45) is 3.41. The first-order valence-corrected chi connectivity index (χ1v) is 6.65. The molecule has 0 saturated carbocycles. The van der Waals surface area contributed by atoms with Gasteiger partial charge in [0.15, 0.2) is 0 Å². The summed E-state index contributed by atoms with van der Waals surface area (Å²) >= 11 is 1.44. The first-order chi connectivity index (χ1) is 7.61. The number of nitrogens with two attached hydrogens (primary N) is 1. The summed E-state index contributed by atoms with van der Waals surface area (Å²) < 4.78 is 0. The number of nitrogen functional groups attached to an aromatic ring is 1. The Balaban J connectivity index is 2.23. The van der Waals surface area contributed by atoms with Crippen LogP contribution in [-0.4, -0.2) is 22.9 Å². The lowest BCUT2D eigenvalue weighted by atomic mass is 9.97. The Morgan fingerprint density at radius 3 is 2.56 bits per heavy atom. The maximum atomic E-state index is 12.4. The lowest BCUT2D eigenvalue weighted by molar-refractivity contribution is 0.0517. The summed E-state index contributed by atoms with van der Waals surface area (Å²) in [5, 5.41) is 1.88. The van der Waals surface area contributed by atoms with Gasteiger partial charge in [0.05, 0.1) is 5.69 Å². The molecule has 1 amide bonds. The van der Waals surface area contributed by atoms with Crippen molar-refractivity contribution in [2.45, 2.75) is 45.2 Å². The summed E-state index contributed by atoms with van der Waals surface area (Å²) in [5.74, 6) is 0.104. The van der Waals surface area contributed by atoms with Crippen LogP contribution in [0.15, 0.2) is 11.4 Å². The Kier molecular flexibility index (Phi) is 3.19. The largest absolute Gasteiger partial charge is 0.397 e. The fraction of sp³-hybridized carbons (Fsp3) is 0.583. The van der Waals surface area contributed by atoms with E-state index in [1.165, 1.54) is 17.8 Å². The van der Waals surface area contributed by atoms with Gasteiger partial charge >= 0.3 is 0 Å². The number of carbonyl (C=O) groups is 1. The van der Waals surface area contributed by atoms with Crippen LogP contribution in [0, 0.1) is 0 Å². The summed E-state index contributed by atoms with van der Waals surface area (Å²) in [6.45, 7) is 4.24. The van der Waals surface area contributed by atoms with Crippen LogP contribution < -0.4 is 5.73 Å². The van der Waals surface area contributed by atoms with E-state index >= 15 is 0 Å². The minimum Gasteiger partial charge on any atom is -0.397 e. The van der Waals surface area contributed by atoms with Gasteiger partial charge in [-0.15, -0.1) is 11.3 Å². The number of rotatable bonds is 1. The van der Waals surface area contributed by atoms with E-state index in [4.69, 9.17) is 5.73 Å². The van der Waals surface area contributed by atoms with E-state index in [1.807, 2.05) is 10.3 Å². The van der Waals surface area contributed by atoms with Crippen LogP contribution in [0.25, 0.3) is 0 Å². The van der Waals surface area contributed by atoms with E-state index in [0.717, 1.165) is 12.8 Å². The molecule has 88 valence electrons. The minimum atomic E-state index is 0.104. The zero-order valence-corrected chi connectivity index (χ0v) is 10.6. The van der Waals surface area contributed by atoms with E-state index in [-0.39, 0.29) is 5.91 Å². The van der Waals surface area contributed by atoms with Crippen molar-refractivity contribution < 1.29 is 4.79 Å². The van der Waals surface area contributed by atoms with Gasteiger partial charge in [-0.05, 0) is 44.6 Å². The van der Waals surface area contributed by atoms with Gasteiger partial charge in [-0.1, -0.05) is 0 Å². The normalized spacial score (nSPS) is 25.8. The molecule has 1 fully saturated rings. The van der Waals surface area contributed by atoms with Crippen molar-refractivity contribution in [2.24, 2.45) is 0 Å². The highest BCUT2D eigenvalue weighted by Crippen LogP contribution is 2.28. The number of carbonyl (C=O) groups excluding carboxylic acids is 1. The Bertz CT molecular complexity index is 378. The van der Waals surface area contributed by atoms with Crippen molar-refractivity contribution >= 4 is 22.9 Å². The maximum Gasteiger partial charge on any atom is 0.266 e. The number of hydrogen-bond acceptors (Lipinski definition) is 3. The smallest absolute Gasteiger partial charge is 0.266 e. The van der Waals surface area contributed by atoms with Crippen LogP contribution in [0.2, 0.25) is 0 Å². The zero-order valence-electron chi connectivity index (χ0n) is 9.77. The second-order valence-corrected chi connectivity index (χ2v) is 5.46. The standard InChI is InChI=1S/C12H18N2OS/c1-8-4-3-5-9(2)14(8)12(15)11-10(13)6-7-16-11/h6-9H,3-5,13H2,1-2H3. The number of nitrogens with zero attached hydrogens (tertiary/aromatic N) is 1. The molecule has 2 unspecified atom stereocenters. The van der Waals surface area contributed by atoms with Gasteiger partial charge in [0, 0.05) is 12.1 Å². The second kappa shape index (κ2) is 4.45. The Morgan fingerprint density at radius 2 is 2.06 bits per heavy atom. The molecule has 4 heteroatoms. The average Bonchev–Trinajstić information content (AvgIpc) is 2.64. The van der Waals surface area contributed by atoms with Crippen molar-refractivity contribution in [1.82, 2.24) is 4.90 Å². The molecule has 0 aliphatic carbocycles. The first kappa shape index (κ1) is 11.5. The lowest BCUT2D eigenvalue weighted by Gasteiger charge is -2.38. The maximum absolute atomic E-state index is 12.4. The molecule has 1 aliphatic heterocycles. The van der Waals surface area contributed by atoms with E-state index < -0.39 is 0 Å². The van der Waals surface area contributed by atoms with Gasteiger partial charge in [-0.3, -0.25) is 4.79 Å². The SMILES string of the molecule is CC1CCCC(C)N1C(=O)c1sccc1N. The molecule has 2 heterocycles. The molecule has 2 rings (SSSR count). The van der Waals surface area contributed by atoms with Crippen molar-refractivity contribution in [3.05, 3.63) is 16.3 Å². The summed E-state index contributed by atoms with van der Waals surface area (Å²) in [5.41, 5.74) is 6.41. The summed E-state index contributed by atoms with van der Waals surface area (Å²) in [7, 11) is 0. The Labute approximate surface area is 100 Å². The number of amides is 1. The van der Waals surface area contributed by atoms with Gasteiger partial charge in [-0.2, -0.15) is 0 Å². The average molecular weight is 238 g/mol. The fourth-order valence-electron chi connectivity index (χ4n) is 2.43. The Hall–Kier alpha value is -1.03. The molecule has 1 saturated heterocycles. The van der Waals surface area contributed by atoms with Crippen molar-refractivity contribution in [3.8, 4) is 0 Å². The van der Waals surface area contributed by atoms with Crippen LogP contribution in [0.5, 0.6) is 0 Å². The van der Waals surface area contributed by atoms with E-state index in [0.29, 0.717) is 22.6 Å². The third-order valence-electron chi connectivity index (χ3n) is 3.32. The van der Waals surface area contributed by atoms with Gasteiger partial charge in [0.2, 0.25) is 0 Å². The molecule has 2 N–H and O–H groups in total. The summed E-state index contributed by atoms with van der Waals surface area (Å²) in [6, 6.07) is 2.47.